The minimum absolute atomic E-state index is 0.0765. The van der Waals surface area contributed by atoms with E-state index < -0.39 is 23.7 Å². The summed E-state index contributed by atoms with van der Waals surface area (Å²) in [5.41, 5.74) is 1.11. The maximum absolute atomic E-state index is 14.4. The van der Waals surface area contributed by atoms with E-state index in [1.54, 1.807) is 24.3 Å². The van der Waals surface area contributed by atoms with Gasteiger partial charge in [-0.25, -0.2) is 9.37 Å². The van der Waals surface area contributed by atoms with Crippen LogP contribution in [0.25, 0.3) is 0 Å². The molecule has 1 saturated heterocycles. The molecular weight excluding hydrogens is 420 g/mol. The summed E-state index contributed by atoms with van der Waals surface area (Å²) in [4.78, 5) is 32.4. The number of amides is 2. The lowest BCUT2D eigenvalue weighted by atomic mass is 9.99. The van der Waals surface area contributed by atoms with E-state index in [0.29, 0.717) is 10.6 Å². The van der Waals surface area contributed by atoms with Gasteiger partial charge in [0, 0.05) is 24.4 Å². The highest BCUT2D eigenvalue weighted by molar-refractivity contribution is 6.30. The van der Waals surface area contributed by atoms with Gasteiger partial charge in [0.2, 0.25) is 5.91 Å². The Morgan fingerprint density at radius 2 is 1.93 bits per heavy atom. The third kappa shape index (κ3) is 4.58. The first-order valence-corrected chi connectivity index (χ1v) is 9.52. The number of rotatable bonds is 6. The molecule has 0 spiro atoms. The van der Waals surface area contributed by atoms with E-state index in [1.165, 1.54) is 11.1 Å². The topological polar surface area (TPSA) is 73.7 Å². The van der Waals surface area contributed by atoms with Crippen LogP contribution in [0.3, 0.4) is 0 Å². The molecule has 29 heavy (non-hydrogen) atoms. The van der Waals surface area contributed by atoms with Crippen LogP contribution >= 0.6 is 23.2 Å². The van der Waals surface area contributed by atoms with Crippen LogP contribution in [0.2, 0.25) is 10.0 Å². The quantitative estimate of drug-likeness (QED) is 0.704. The van der Waals surface area contributed by atoms with Gasteiger partial charge in [0.25, 0.3) is 5.91 Å². The summed E-state index contributed by atoms with van der Waals surface area (Å²) in [6.45, 7) is 3.39. The summed E-state index contributed by atoms with van der Waals surface area (Å²) in [5, 5.41) is 9.92. The van der Waals surface area contributed by atoms with Gasteiger partial charge >= 0.3 is 0 Å². The summed E-state index contributed by atoms with van der Waals surface area (Å²) >= 11 is 11.6. The number of nitrogens with zero attached hydrogens (tertiary/aromatic N) is 3. The maximum atomic E-state index is 14.4. The normalized spacial score (nSPS) is 17.0. The van der Waals surface area contributed by atoms with Crippen molar-refractivity contribution in [3.05, 3.63) is 70.1 Å². The molecule has 1 aliphatic heterocycles. The number of benzene rings is 1. The molecule has 9 heteroatoms. The molecular formula is C20H18Cl2FN3O3. The van der Waals surface area contributed by atoms with Gasteiger partial charge in [0.05, 0.1) is 5.02 Å². The monoisotopic (exact) mass is 437 g/mol. The molecule has 2 aromatic rings. The van der Waals surface area contributed by atoms with E-state index in [2.05, 4.69) is 11.6 Å². The molecule has 1 unspecified atom stereocenters. The molecule has 6 nitrogen and oxygen atoms in total. The number of aliphatic hydroxyl groups excluding tert-OH is 1. The molecule has 2 amide bonds. The van der Waals surface area contributed by atoms with Crippen LogP contribution in [0, 0.1) is 5.82 Å². The highest BCUT2D eigenvalue weighted by atomic mass is 35.5. The summed E-state index contributed by atoms with van der Waals surface area (Å²) in [5.74, 6) is -2.04. The maximum Gasteiger partial charge on any atom is 0.255 e. The Morgan fingerprint density at radius 3 is 2.55 bits per heavy atom. The number of carbonyl (C=O) groups excluding carboxylic acids is 2. The fraction of sp³-hybridized carbons (Fsp3) is 0.250. The van der Waals surface area contributed by atoms with Crippen LogP contribution in [0.5, 0.6) is 0 Å². The SMILES string of the molecule is C=C(CCO)C1C(=O)N(c2ncc(Cl)cc2F)CC(=O)N1Cc1ccc(Cl)cc1. The average Bonchev–Trinajstić information content (AvgIpc) is 2.67. The minimum Gasteiger partial charge on any atom is -0.396 e. The predicted molar refractivity (Wildman–Crippen MR) is 108 cm³/mol. The highest BCUT2D eigenvalue weighted by Gasteiger charge is 2.42. The van der Waals surface area contributed by atoms with Crippen LogP contribution in [-0.2, 0) is 16.1 Å². The lowest BCUT2D eigenvalue weighted by Gasteiger charge is -2.40. The van der Waals surface area contributed by atoms with Gasteiger partial charge in [-0.15, -0.1) is 0 Å². The molecule has 0 aliphatic carbocycles. The second-order valence-corrected chi connectivity index (χ2v) is 7.44. The lowest BCUT2D eigenvalue weighted by Crippen LogP contribution is -2.60. The number of pyridine rings is 1. The highest BCUT2D eigenvalue weighted by Crippen LogP contribution is 2.28. The third-order valence-electron chi connectivity index (χ3n) is 4.56. The Hall–Kier alpha value is -2.48. The molecule has 1 aliphatic rings. The standard InChI is InChI=1S/C20H18Cl2FN3O3/c1-12(6-7-27)18-20(29)26(19-16(23)8-15(22)9-24-19)11-17(28)25(18)10-13-2-4-14(21)5-3-13/h2-5,8-9,18,27H,1,6-7,10-11H2. The van der Waals surface area contributed by atoms with Crippen molar-refractivity contribution in [2.75, 3.05) is 18.1 Å². The molecule has 1 aromatic carbocycles. The molecule has 1 fully saturated rings. The Labute approximate surface area is 177 Å². The summed E-state index contributed by atoms with van der Waals surface area (Å²) in [6.07, 6.45) is 1.32. The largest absolute Gasteiger partial charge is 0.396 e. The molecule has 1 N–H and O–H groups in total. The Morgan fingerprint density at radius 1 is 1.24 bits per heavy atom. The molecule has 1 aromatic heterocycles. The van der Waals surface area contributed by atoms with Crippen molar-refractivity contribution in [1.29, 1.82) is 0 Å². The second kappa shape index (κ2) is 8.90. The third-order valence-corrected chi connectivity index (χ3v) is 5.01. The number of hydrogen-bond acceptors (Lipinski definition) is 4. The fourth-order valence-electron chi connectivity index (χ4n) is 3.16. The van der Waals surface area contributed by atoms with Crippen LogP contribution < -0.4 is 4.90 Å². The molecule has 152 valence electrons. The van der Waals surface area contributed by atoms with Crippen molar-refractivity contribution in [3.63, 3.8) is 0 Å². The number of carbonyl (C=O) groups is 2. The molecule has 0 bridgehead atoms. The summed E-state index contributed by atoms with van der Waals surface area (Å²) in [7, 11) is 0. The first-order chi connectivity index (χ1) is 13.8. The van der Waals surface area contributed by atoms with E-state index in [0.717, 1.165) is 16.5 Å². The van der Waals surface area contributed by atoms with Crippen molar-refractivity contribution < 1.29 is 19.1 Å². The van der Waals surface area contributed by atoms with Crippen molar-refractivity contribution in [2.24, 2.45) is 0 Å². The van der Waals surface area contributed by atoms with E-state index in [1.807, 2.05) is 0 Å². The second-order valence-electron chi connectivity index (χ2n) is 6.57. The first-order valence-electron chi connectivity index (χ1n) is 8.76. The van der Waals surface area contributed by atoms with Gasteiger partial charge in [-0.05, 0) is 35.8 Å². The molecule has 2 heterocycles. The lowest BCUT2D eigenvalue weighted by molar-refractivity contribution is -0.142. The Balaban J connectivity index is 1.96. The zero-order valence-corrected chi connectivity index (χ0v) is 16.8. The van der Waals surface area contributed by atoms with Gasteiger partial charge in [-0.3, -0.25) is 14.5 Å². The predicted octanol–water partition coefficient (Wildman–Crippen LogP) is 3.21. The van der Waals surface area contributed by atoms with Crippen molar-refractivity contribution in [3.8, 4) is 0 Å². The molecule has 3 rings (SSSR count). The van der Waals surface area contributed by atoms with Gasteiger partial charge in [-0.2, -0.15) is 0 Å². The molecule has 0 radical (unpaired) electrons. The number of aliphatic hydroxyl groups is 1. The van der Waals surface area contributed by atoms with Crippen molar-refractivity contribution in [1.82, 2.24) is 9.88 Å². The van der Waals surface area contributed by atoms with Crippen LogP contribution in [-0.4, -0.2) is 46.0 Å². The van der Waals surface area contributed by atoms with Gasteiger partial charge in [0.15, 0.2) is 11.6 Å². The van der Waals surface area contributed by atoms with Gasteiger partial charge < -0.3 is 10.0 Å². The van der Waals surface area contributed by atoms with Gasteiger partial charge in [0.1, 0.15) is 12.6 Å². The number of hydrogen-bond donors (Lipinski definition) is 1. The zero-order chi connectivity index (χ0) is 21.1. The van der Waals surface area contributed by atoms with E-state index >= 15 is 0 Å². The van der Waals surface area contributed by atoms with Crippen molar-refractivity contribution >= 4 is 40.8 Å². The fourth-order valence-corrected chi connectivity index (χ4v) is 3.43. The number of anilines is 1. The zero-order valence-electron chi connectivity index (χ0n) is 15.3. The number of halogens is 3. The number of aromatic nitrogens is 1. The minimum atomic E-state index is -1.06. The molecule has 0 saturated carbocycles. The average molecular weight is 438 g/mol. The van der Waals surface area contributed by atoms with Crippen LogP contribution in [0.15, 0.2) is 48.7 Å². The van der Waals surface area contributed by atoms with Gasteiger partial charge in [-0.1, -0.05) is 41.9 Å². The molecule has 1 atom stereocenters. The summed E-state index contributed by atoms with van der Waals surface area (Å²) < 4.78 is 14.4. The number of piperazine rings is 1. The van der Waals surface area contributed by atoms with Crippen LogP contribution in [0.1, 0.15) is 12.0 Å². The van der Waals surface area contributed by atoms with E-state index in [-0.39, 0.29) is 37.0 Å². The van der Waals surface area contributed by atoms with E-state index in [4.69, 9.17) is 23.2 Å². The summed E-state index contributed by atoms with van der Waals surface area (Å²) in [6, 6.07) is 6.83. The van der Waals surface area contributed by atoms with E-state index in [9.17, 15) is 19.1 Å². The first kappa shape index (κ1) is 21.2. The Bertz CT molecular complexity index is 952. The smallest absolute Gasteiger partial charge is 0.255 e. The van der Waals surface area contributed by atoms with Crippen molar-refractivity contribution in [2.45, 2.75) is 19.0 Å². The van der Waals surface area contributed by atoms with Crippen LogP contribution in [0.4, 0.5) is 10.2 Å². The Kier molecular flexibility index (Phi) is 6.52.